The summed E-state index contributed by atoms with van der Waals surface area (Å²) in [6.07, 6.45) is 1.66. The van der Waals surface area contributed by atoms with E-state index in [2.05, 4.69) is 21.0 Å². The number of hydrogen-bond donors (Lipinski definition) is 1. The van der Waals surface area contributed by atoms with Crippen molar-refractivity contribution in [2.24, 2.45) is 0 Å². The van der Waals surface area contributed by atoms with Gasteiger partial charge in [-0.3, -0.25) is 4.79 Å². The van der Waals surface area contributed by atoms with Crippen molar-refractivity contribution in [1.29, 1.82) is 0 Å². The van der Waals surface area contributed by atoms with Gasteiger partial charge >= 0.3 is 0 Å². The average molecular weight is 294 g/mol. The number of halogens is 1. The predicted molar refractivity (Wildman–Crippen MR) is 70.9 cm³/mol. The molecule has 0 radical (unpaired) electrons. The molecule has 0 aliphatic heterocycles. The second-order valence-corrected chi connectivity index (χ2v) is 4.69. The molecule has 1 aromatic heterocycles. The third-order valence-electron chi connectivity index (χ3n) is 2.47. The van der Waals surface area contributed by atoms with Crippen LogP contribution in [-0.2, 0) is 6.54 Å². The molecule has 0 saturated heterocycles. The number of nitrogens with zero attached hydrogens (tertiary/aromatic N) is 2. The van der Waals surface area contributed by atoms with E-state index in [1.807, 2.05) is 19.1 Å². The van der Waals surface area contributed by atoms with Gasteiger partial charge in [0.1, 0.15) is 0 Å². The minimum Gasteiger partial charge on any atom is -0.398 e. The maximum atomic E-state index is 11.7. The molecule has 0 spiro atoms. The van der Waals surface area contributed by atoms with Gasteiger partial charge in [-0.25, -0.2) is 4.68 Å². The van der Waals surface area contributed by atoms with E-state index in [-0.39, 0.29) is 5.56 Å². The summed E-state index contributed by atoms with van der Waals surface area (Å²) < 4.78 is 2.27. The van der Waals surface area contributed by atoms with Crippen molar-refractivity contribution < 1.29 is 0 Å². The highest BCUT2D eigenvalue weighted by Gasteiger charge is 2.06. The SMILES string of the molecule is Cc1cnn(Cc2c(N)cccc2Br)c(=O)c1. The van der Waals surface area contributed by atoms with Crippen molar-refractivity contribution in [3.05, 3.63) is 56.4 Å². The molecule has 0 unspecified atom stereocenters. The molecule has 0 atom stereocenters. The van der Waals surface area contributed by atoms with Gasteiger partial charge in [0.2, 0.25) is 0 Å². The van der Waals surface area contributed by atoms with Gasteiger partial charge in [0, 0.05) is 21.8 Å². The van der Waals surface area contributed by atoms with E-state index in [9.17, 15) is 4.79 Å². The molecule has 1 aromatic carbocycles. The quantitative estimate of drug-likeness (QED) is 0.861. The molecule has 5 heteroatoms. The molecular weight excluding hydrogens is 282 g/mol. The van der Waals surface area contributed by atoms with Gasteiger partial charge in [0.05, 0.1) is 12.7 Å². The lowest BCUT2D eigenvalue weighted by molar-refractivity contribution is 0.635. The van der Waals surface area contributed by atoms with Gasteiger partial charge in [-0.2, -0.15) is 5.10 Å². The van der Waals surface area contributed by atoms with E-state index >= 15 is 0 Å². The number of aromatic nitrogens is 2. The summed E-state index contributed by atoms with van der Waals surface area (Å²) in [6.45, 7) is 2.21. The molecule has 0 aliphatic rings. The smallest absolute Gasteiger partial charge is 0.267 e. The van der Waals surface area contributed by atoms with Crippen molar-refractivity contribution >= 4 is 21.6 Å². The van der Waals surface area contributed by atoms with Crippen LogP contribution >= 0.6 is 15.9 Å². The molecule has 0 amide bonds. The van der Waals surface area contributed by atoms with Crippen LogP contribution in [-0.4, -0.2) is 9.78 Å². The second-order valence-electron chi connectivity index (χ2n) is 3.84. The van der Waals surface area contributed by atoms with Gasteiger partial charge in [-0.1, -0.05) is 22.0 Å². The van der Waals surface area contributed by atoms with Gasteiger partial charge < -0.3 is 5.73 Å². The lowest BCUT2D eigenvalue weighted by Gasteiger charge is -2.09. The molecule has 4 nitrogen and oxygen atoms in total. The number of nitrogens with two attached hydrogens (primary N) is 1. The predicted octanol–water partition coefficient (Wildman–Crippen LogP) is 1.94. The van der Waals surface area contributed by atoms with E-state index < -0.39 is 0 Å². The van der Waals surface area contributed by atoms with Crippen LogP contribution < -0.4 is 11.3 Å². The van der Waals surface area contributed by atoms with Crippen LogP contribution in [0.3, 0.4) is 0 Å². The van der Waals surface area contributed by atoms with E-state index in [1.165, 1.54) is 4.68 Å². The molecule has 88 valence electrons. The Morgan fingerprint density at radius 1 is 1.47 bits per heavy atom. The topological polar surface area (TPSA) is 60.9 Å². The zero-order chi connectivity index (χ0) is 12.4. The average Bonchev–Trinajstić information content (AvgIpc) is 2.26. The Labute approximate surface area is 107 Å². The van der Waals surface area contributed by atoms with Gasteiger partial charge in [0.25, 0.3) is 5.56 Å². The number of rotatable bonds is 2. The Hall–Kier alpha value is -1.62. The van der Waals surface area contributed by atoms with Crippen molar-refractivity contribution in [3.63, 3.8) is 0 Å². The Bertz CT molecular complexity index is 587. The minimum absolute atomic E-state index is 0.125. The molecule has 2 aromatic rings. The molecule has 2 N–H and O–H groups in total. The molecule has 1 heterocycles. The Morgan fingerprint density at radius 2 is 2.24 bits per heavy atom. The lowest BCUT2D eigenvalue weighted by Crippen LogP contribution is -2.23. The van der Waals surface area contributed by atoms with Crippen LogP contribution in [0.25, 0.3) is 0 Å². The maximum absolute atomic E-state index is 11.7. The minimum atomic E-state index is -0.125. The van der Waals surface area contributed by atoms with Crippen LogP contribution in [0.1, 0.15) is 11.1 Å². The fourth-order valence-corrected chi connectivity index (χ4v) is 2.04. The summed E-state index contributed by atoms with van der Waals surface area (Å²) in [5.74, 6) is 0. The van der Waals surface area contributed by atoms with Crippen LogP contribution in [0.4, 0.5) is 5.69 Å². The zero-order valence-corrected chi connectivity index (χ0v) is 10.9. The molecule has 0 aliphatic carbocycles. The molecule has 2 rings (SSSR count). The monoisotopic (exact) mass is 293 g/mol. The van der Waals surface area contributed by atoms with E-state index in [4.69, 9.17) is 5.73 Å². The highest BCUT2D eigenvalue weighted by atomic mass is 79.9. The lowest BCUT2D eigenvalue weighted by atomic mass is 10.2. The number of anilines is 1. The maximum Gasteiger partial charge on any atom is 0.267 e. The fraction of sp³-hybridized carbons (Fsp3) is 0.167. The second kappa shape index (κ2) is 4.71. The van der Waals surface area contributed by atoms with Crippen LogP contribution in [0.15, 0.2) is 39.7 Å². The first-order valence-electron chi connectivity index (χ1n) is 5.14. The van der Waals surface area contributed by atoms with E-state index in [0.29, 0.717) is 12.2 Å². The normalized spacial score (nSPS) is 10.5. The Kier molecular flexibility index (Phi) is 3.28. The number of nitrogen functional groups attached to an aromatic ring is 1. The van der Waals surface area contributed by atoms with E-state index in [0.717, 1.165) is 15.6 Å². The molecule has 0 bridgehead atoms. The van der Waals surface area contributed by atoms with Crippen LogP contribution in [0, 0.1) is 6.92 Å². The molecular formula is C12H12BrN3O. The van der Waals surface area contributed by atoms with E-state index in [1.54, 1.807) is 18.3 Å². The van der Waals surface area contributed by atoms with Gasteiger partial charge in [-0.05, 0) is 24.6 Å². The first-order chi connectivity index (χ1) is 8.08. The van der Waals surface area contributed by atoms with Crippen molar-refractivity contribution in [2.45, 2.75) is 13.5 Å². The summed E-state index contributed by atoms with van der Waals surface area (Å²) in [5.41, 5.74) is 8.12. The summed E-state index contributed by atoms with van der Waals surface area (Å²) in [4.78, 5) is 11.7. The van der Waals surface area contributed by atoms with Gasteiger partial charge in [-0.15, -0.1) is 0 Å². The van der Waals surface area contributed by atoms with Crippen molar-refractivity contribution in [3.8, 4) is 0 Å². The largest absolute Gasteiger partial charge is 0.398 e. The summed E-state index contributed by atoms with van der Waals surface area (Å²) in [7, 11) is 0. The van der Waals surface area contributed by atoms with Crippen molar-refractivity contribution in [1.82, 2.24) is 9.78 Å². The summed E-state index contributed by atoms with van der Waals surface area (Å²) in [5, 5.41) is 4.08. The summed E-state index contributed by atoms with van der Waals surface area (Å²) >= 11 is 3.42. The Balaban J connectivity index is 2.42. The molecule has 0 saturated carbocycles. The number of hydrogen-bond acceptors (Lipinski definition) is 3. The molecule has 17 heavy (non-hydrogen) atoms. The molecule has 0 fully saturated rings. The standard InChI is InChI=1S/C12H12BrN3O/c1-8-5-12(17)16(15-6-8)7-9-10(13)3-2-4-11(9)14/h2-6H,7,14H2,1H3. The van der Waals surface area contributed by atoms with Crippen LogP contribution in [0.5, 0.6) is 0 Å². The number of aryl methyl sites for hydroxylation is 1. The van der Waals surface area contributed by atoms with Crippen molar-refractivity contribution in [2.75, 3.05) is 5.73 Å². The third-order valence-corrected chi connectivity index (χ3v) is 3.21. The van der Waals surface area contributed by atoms with Gasteiger partial charge in [0.15, 0.2) is 0 Å². The highest BCUT2D eigenvalue weighted by molar-refractivity contribution is 9.10. The summed E-state index contributed by atoms with van der Waals surface area (Å²) in [6, 6.07) is 7.11. The van der Waals surface area contributed by atoms with Crippen LogP contribution in [0.2, 0.25) is 0 Å². The highest BCUT2D eigenvalue weighted by Crippen LogP contribution is 2.22. The number of benzene rings is 1. The third kappa shape index (κ3) is 2.55. The first kappa shape index (κ1) is 11.9. The fourth-order valence-electron chi connectivity index (χ4n) is 1.53. The zero-order valence-electron chi connectivity index (χ0n) is 9.35. The Morgan fingerprint density at radius 3 is 2.88 bits per heavy atom. The first-order valence-corrected chi connectivity index (χ1v) is 5.94.